The number of carbonyl (C=O) groups is 1. The van der Waals surface area contributed by atoms with Gasteiger partial charge in [-0.3, -0.25) is 0 Å². The molecule has 0 fully saturated rings. The van der Waals surface area contributed by atoms with Gasteiger partial charge in [-0.05, 0) is 0 Å². The zero-order chi connectivity index (χ0) is 13.4. The first-order valence-corrected chi connectivity index (χ1v) is 15.5. The average Bonchev–Trinajstić information content (AvgIpc) is 2.42. The normalized spacial score (nSPS) is 12.6. The van der Waals surface area contributed by atoms with Crippen molar-refractivity contribution in [3.63, 3.8) is 0 Å². The molecule has 0 saturated carbocycles. The summed E-state index contributed by atoms with van der Waals surface area (Å²) < 4.78 is 20.2. The summed E-state index contributed by atoms with van der Waals surface area (Å²) in [4.78, 5) is 17.8. The van der Waals surface area contributed by atoms with E-state index in [9.17, 15) is 9.18 Å². The summed E-state index contributed by atoms with van der Waals surface area (Å²) in [5.74, 6) is -0.404. The van der Waals surface area contributed by atoms with Crippen LogP contribution in [-0.2, 0) is 4.74 Å². The SMILES string of the molecule is CC(C)(C)OC(=O)n1cc(F)[c]([Sn]([CH3])([CH3])[CH3])n1. The van der Waals surface area contributed by atoms with Crippen LogP contribution in [0.15, 0.2) is 6.20 Å². The van der Waals surface area contributed by atoms with Crippen LogP contribution in [-0.4, -0.2) is 39.9 Å². The predicted octanol–water partition coefficient (Wildman–Crippen LogP) is 2.35. The summed E-state index contributed by atoms with van der Waals surface area (Å²) in [6.45, 7) is 5.28. The van der Waals surface area contributed by atoms with Crippen molar-refractivity contribution in [2.75, 3.05) is 0 Å². The Balaban J connectivity index is 2.99. The van der Waals surface area contributed by atoms with E-state index in [1.54, 1.807) is 20.8 Å². The number of rotatable bonds is 1. The van der Waals surface area contributed by atoms with E-state index in [-0.39, 0.29) is 0 Å². The molecule has 0 atom stereocenters. The Morgan fingerprint density at radius 1 is 1.41 bits per heavy atom. The Bertz CT molecular complexity index is 430. The molecule has 0 N–H and O–H groups in total. The number of ether oxygens (including phenoxy) is 1. The summed E-state index contributed by atoms with van der Waals surface area (Å²) in [5.41, 5.74) is -0.606. The minimum atomic E-state index is -2.61. The van der Waals surface area contributed by atoms with Gasteiger partial charge in [0.05, 0.1) is 0 Å². The molecule has 0 aliphatic heterocycles. The van der Waals surface area contributed by atoms with Gasteiger partial charge in [0.1, 0.15) is 0 Å². The van der Waals surface area contributed by atoms with Gasteiger partial charge in [0.2, 0.25) is 0 Å². The molecule has 17 heavy (non-hydrogen) atoms. The third kappa shape index (κ3) is 3.97. The quantitative estimate of drug-likeness (QED) is 0.732. The van der Waals surface area contributed by atoms with Crippen LogP contribution >= 0.6 is 0 Å². The fourth-order valence-electron chi connectivity index (χ4n) is 1.26. The average molecular weight is 349 g/mol. The van der Waals surface area contributed by atoms with Gasteiger partial charge in [-0.2, -0.15) is 0 Å². The van der Waals surface area contributed by atoms with Crippen LogP contribution < -0.4 is 3.71 Å². The van der Waals surface area contributed by atoms with E-state index in [1.165, 1.54) is 0 Å². The second-order valence-electron chi connectivity index (χ2n) is 6.00. The van der Waals surface area contributed by atoms with Gasteiger partial charge in [0, 0.05) is 0 Å². The molecule has 0 aromatic carbocycles. The van der Waals surface area contributed by atoms with Crippen LogP contribution in [0.2, 0.25) is 14.8 Å². The summed E-state index contributed by atoms with van der Waals surface area (Å²) >= 11 is -2.61. The molecule has 0 saturated heterocycles. The molecule has 96 valence electrons. The van der Waals surface area contributed by atoms with E-state index in [0.29, 0.717) is 3.71 Å². The Morgan fingerprint density at radius 3 is 2.29 bits per heavy atom. The van der Waals surface area contributed by atoms with Gasteiger partial charge >= 0.3 is 105 Å². The standard InChI is InChI=1S/C8H10FN2O2.3CH3.Sn/c1-8(2,3)13-7(12)11-5-6(9)4-10-11;;;;/h5H,1-3H3;3*1H3;. The van der Waals surface area contributed by atoms with Crippen molar-refractivity contribution in [2.45, 2.75) is 41.2 Å². The summed E-state index contributed by atoms with van der Waals surface area (Å²) in [5, 5.41) is 4.03. The summed E-state index contributed by atoms with van der Waals surface area (Å²) in [6.07, 6.45) is 0.462. The van der Waals surface area contributed by atoms with Gasteiger partial charge in [0.15, 0.2) is 0 Å². The fraction of sp³-hybridized carbons (Fsp3) is 0.636. The summed E-state index contributed by atoms with van der Waals surface area (Å²) in [7, 11) is 0. The monoisotopic (exact) mass is 350 g/mol. The van der Waals surface area contributed by atoms with E-state index >= 15 is 0 Å². The predicted molar refractivity (Wildman–Crippen MR) is 66.8 cm³/mol. The van der Waals surface area contributed by atoms with Crippen LogP contribution in [0.3, 0.4) is 0 Å². The number of hydrogen-bond acceptors (Lipinski definition) is 3. The van der Waals surface area contributed by atoms with E-state index in [0.717, 1.165) is 10.9 Å². The first-order valence-electron chi connectivity index (χ1n) is 5.50. The molecule has 0 aliphatic carbocycles. The second kappa shape index (κ2) is 4.59. The van der Waals surface area contributed by atoms with Crippen LogP contribution in [0.25, 0.3) is 0 Å². The molecule has 4 nitrogen and oxygen atoms in total. The number of nitrogens with zero attached hydrogens (tertiary/aromatic N) is 2. The molecular weight excluding hydrogens is 330 g/mol. The van der Waals surface area contributed by atoms with E-state index in [2.05, 4.69) is 5.10 Å². The van der Waals surface area contributed by atoms with Crippen molar-refractivity contribution in [3.05, 3.63) is 12.0 Å². The van der Waals surface area contributed by atoms with Crippen molar-refractivity contribution >= 4 is 28.2 Å². The molecule has 0 radical (unpaired) electrons. The fourth-order valence-corrected chi connectivity index (χ4v) is 4.66. The minimum absolute atomic E-state index is 0.404. The van der Waals surface area contributed by atoms with Crippen molar-refractivity contribution in [3.8, 4) is 0 Å². The molecular formula is C11H19FN2O2Sn. The van der Waals surface area contributed by atoms with E-state index in [1.807, 2.05) is 14.8 Å². The number of hydrogen-bond donors (Lipinski definition) is 0. The van der Waals surface area contributed by atoms with Crippen LogP contribution in [0.4, 0.5) is 9.18 Å². The number of carbonyl (C=O) groups excluding carboxylic acids is 1. The zero-order valence-electron chi connectivity index (χ0n) is 11.2. The Morgan fingerprint density at radius 2 is 1.94 bits per heavy atom. The third-order valence-electron chi connectivity index (χ3n) is 1.96. The second-order valence-corrected chi connectivity index (χ2v) is 20.2. The van der Waals surface area contributed by atoms with Crippen LogP contribution in [0.1, 0.15) is 20.8 Å². The molecule has 0 unspecified atom stereocenters. The molecule has 1 heterocycles. The molecule has 1 aromatic rings. The van der Waals surface area contributed by atoms with Crippen molar-refractivity contribution in [1.82, 2.24) is 9.78 Å². The maximum atomic E-state index is 13.7. The first kappa shape index (κ1) is 14.5. The molecule has 1 aromatic heterocycles. The molecule has 0 aliphatic rings. The molecule has 6 heteroatoms. The van der Waals surface area contributed by atoms with Gasteiger partial charge in [-0.25, -0.2) is 0 Å². The van der Waals surface area contributed by atoms with Gasteiger partial charge in [0.25, 0.3) is 0 Å². The van der Waals surface area contributed by atoms with Gasteiger partial charge in [-0.1, -0.05) is 0 Å². The molecule has 1 rings (SSSR count). The maximum absolute atomic E-state index is 13.7. The van der Waals surface area contributed by atoms with Crippen LogP contribution in [0.5, 0.6) is 0 Å². The van der Waals surface area contributed by atoms with Crippen LogP contribution in [0, 0.1) is 5.82 Å². The Kier molecular flexibility index (Phi) is 3.90. The first-order chi connectivity index (χ1) is 7.50. The number of aromatic nitrogens is 2. The van der Waals surface area contributed by atoms with E-state index < -0.39 is 35.9 Å². The Hall–Kier alpha value is -0.591. The van der Waals surface area contributed by atoms with Gasteiger partial charge < -0.3 is 0 Å². The van der Waals surface area contributed by atoms with Crippen molar-refractivity contribution < 1.29 is 13.9 Å². The molecule has 0 spiro atoms. The van der Waals surface area contributed by atoms with E-state index in [4.69, 9.17) is 4.74 Å². The van der Waals surface area contributed by atoms with Gasteiger partial charge in [-0.15, -0.1) is 0 Å². The third-order valence-corrected chi connectivity index (χ3v) is 6.98. The van der Waals surface area contributed by atoms with Crippen molar-refractivity contribution in [2.24, 2.45) is 0 Å². The zero-order valence-corrected chi connectivity index (χ0v) is 14.0. The topological polar surface area (TPSA) is 44.1 Å². The van der Waals surface area contributed by atoms with Crippen molar-refractivity contribution in [1.29, 1.82) is 0 Å². The Labute approximate surface area is 105 Å². The molecule has 0 amide bonds. The number of halogens is 1. The molecule has 0 bridgehead atoms. The summed E-state index contributed by atoms with van der Waals surface area (Å²) in [6, 6.07) is 0.